The Balaban J connectivity index is 1.46. The number of thiazole rings is 1. The normalized spacial score (nSPS) is 16.9. The van der Waals surface area contributed by atoms with Crippen LogP contribution in [0.1, 0.15) is 28.5 Å². The molecule has 0 saturated carbocycles. The molecule has 3 aromatic carbocycles. The van der Waals surface area contributed by atoms with Gasteiger partial charge >= 0.3 is 0 Å². The van der Waals surface area contributed by atoms with Gasteiger partial charge in [0, 0.05) is 21.1 Å². The van der Waals surface area contributed by atoms with Crippen molar-refractivity contribution in [2.75, 3.05) is 5.01 Å². The van der Waals surface area contributed by atoms with Gasteiger partial charge in [-0.1, -0.05) is 81.3 Å². The average molecular weight is 564 g/mol. The fourth-order valence-corrected chi connectivity index (χ4v) is 5.70. The van der Waals surface area contributed by atoms with E-state index in [-0.39, 0.29) is 17.8 Å². The number of rotatable bonds is 4. The molecule has 1 aromatic heterocycles. The van der Waals surface area contributed by atoms with E-state index in [1.54, 1.807) is 6.07 Å². The molecular formula is C26H16BrClN4O2S. The largest absolute Gasteiger partial charge is 0.492 e. The molecule has 0 bridgehead atoms. The molecule has 0 spiro atoms. The van der Waals surface area contributed by atoms with E-state index in [1.807, 2.05) is 71.7 Å². The Kier molecular flexibility index (Phi) is 5.51. The highest BCUT2D eigenvalue weighted by atomic mass is 79.9. The Morgan fingerprint density at radius 1 is 1.03 bits per heavy atom. The van der Waals surface area contributed by atoms with Crippen molar-refractivity contribution in [1.82, 2.24) is 4.98 Å². The summed E-state index contributed by atoms with van der Waals surface area (Å²) in [5.41, 5.74) is 3.29. The van der Waals surface area contributed by atoms with Crippen molar-refractivity contribution in [2.45, 2.75) is 12.5 Å². The lowest BCUT2D eigenvalue weighted by Gasteiger charge is -2.21. The molecular weight excluding hydrogens is 548 g/mol. The van der Waals surface area contributed by atoms with E-state index in [0.717, 1.165) is 21.3 Å². The third kappa shape index (κ3) is 3.97. The molecule has 2 aliphatic heterocycles. The number of para-hydroxylation sites is 1. The molecule has 0 fully saturated rings. The number of benzene rings is 3. The highest BCUT2D eigenvalue weighted by Crippen LogP contribution is 2.43. The molecule has 35 heavy (non-hydrogen) atoms. The number of nitrogens with zero attached hydrogens (tertiary/aromatic N) is 4. The molecule has 1 atom stereocenters. The number of amides is 1. The standard InChI is InChI=1S/C26H16BrClN4O2S/c27-16-9-5-14(6-10-16)20-13-21(15-7-11-17(28)12-8-15)32(31-20)26-30-25(34)23(35-26)22-18-3-1-2-4-19(18)29-24(22)33/h1-12,21,34H,13H2. The number of carbonyl (C=O) groups excluding carboxylic acids is 1. The third-order valence-electron chi connectivity index (χ3n) is 5.97. The number of hydrogen-bond donors (Lipinski definition) is 1. The number of hydrazone groups is 1. The van der Waals surface area contributed by atoms with E-state index in [0.29, 0.717) is 37.6 Å². The summed E-state index contributed by atoms with van der Waals surface area (Å²) in [7, 11) is 0. The fourth-order valence-electron chi connectivity index (χ4n) is 4.29. The molecule has 1 N–H and O–H groups in total. The Morgan fingerprint density at radius 3 is 2.54 bits per heavy atom. The van der Waals surface area contributed by atoms with Gasteiger partial charge in [0.25, 0.3) is 5.91 Å². The van der Waals surface area contributed by atoms with Gasteiger partial charge in [-0.05, 0) is 41.5 Å². The Morgan fingerprint density at radius 2 is 1.77 bits per heavy atom. The first-order valence-corrected chi connectivity index (χ1v) is 12.8. The predicted octanol–water partition coefficient (Wildman–Crippen LogP) is 4.98. The zero-order valence-corrected chi connectivity index (χ0v) is 21.2. The monoisotopic (exact) mass is 562 g/mol. The van der Waals surface area contributed by atoms with Crippen LogP contribution in [0.3, 0.4) is 0 Å². The minimum absolute atomic E-state index is 0.148. The lowest BCUT2D eigenvalue weighted by Crippen LogP contribution is -2.22. The van der Waals surface area contributed by atoms with Gasteiger partial charge in [0.2, 0.25) is 11.0 Å². The summed E-state index contributed by atoms with van der Waals surface area (Å²) in [5, 5.41) is 19.9. The lowest BCUT2D eigenvalue weighted by atomic mass is 9.99. The average Bonchev–Trinajstić information content (AvgIpc) is 3.54. The zero-order chi connectivity index (χ0) is 24.1. The van der Waals surface area contributed by atoms with E-state index in [4.69, 9.17) is 16.7 Å². The first-order valence-electron chi connectivity index (χ1n) is 10.8. The molecule has 4 aromatic rings. The summed E-state index contributed by atoms with van der Waals surface area (Å²) in [6.07, 6.45) is 0.645. The van der Waals surface area contributed by atoms with Crippen LogP contribution in [-0.4, -0.2) is 21.7 Å². The van der Waals surface area contributed by atoms with E-state index < -0.39 is 0 Å². The van der Waals surface area contributed by atoms with Crippen molar-refractivity contribution in [3.05, 3.63) is 109 Å². The first kappa shape index (κ1) is 22.2. The highest BCUT2D eigenvalue weighted by molar-refractivity contribution is 9.10. The first-order chi connectivity index (χ1) is 17.0. The molecule has 1 amide bonds. The summed E-state index contributed by atoms with van der Waals surface area (Å²) >= 11 is 10.8. The fraction of sp³-hybridized carbons (Fsp3) is 0.0769. The van der Waals surface area contributed by atoms with Crippen LogP contribution >= 0.6 is 38.9 Å². The molecule has 0 saturated heterocycles. The molecule has 6 nitrogen and oxygen atoms in total. The number of fused-ring (bicyclic) bond motifs is 1. The number of hydrogen-bond acceptors (Lipinski definition) is 6. The number of halogens is 2. The number of anilines is 1. The summed E-state index contributed by atoms with van der Waals surface area (Å²) in [6.45, 7) is 0. The maximum Gasteiger partial charge on any atom is 0.279 e. The highest BCUT2D eigenvalue weighted by Gasteiger charge is 2.34. The second-order valence-corrected chi connectivity index (χ2v) is 10.5. The quantitative estimate of drug-likeness (QED) is 0.380. The van der Waals surface area contributed by atoms with Crippen LogP contribution in [0.25, 0.3) is 5.57 Å². The number of aromatic hydroxyl groups is 1. The van der Waals surface area contributed by atoms with Gasteiger partial charge in [-0.15, -0.1) is 0 Å². The van der Waals surface area contributed by atoms with Crippen molar-refractivity contribution in [3.8, 4) is 5.88 Å². The molecule has 9 heteroatoms. The molecule has 1 unspecified atom stereocenters. The smallest absolute Gasteiger partial charge is 0.279 e. The van der Waals surface area contributed by atoms with Gasteiger partial charge in [-0.2, -0.15) is 10.1 Å². The van der Waals surface area contributed by atoms with E-state index >= 15 is 0 Å². The molecule has 0 aliphatic carbocycles. The van der Waals surface area contributed by atoms with Crippen LogP contribution in [0.15, 0.2) is 87.4 Å². The van der Waals surface area contributed by atoms with Crippen LogP contribution in [0.2, 0.25) is 5.02 Å². The van der Waals surface area contributed by atoms with Crippen LogP contribution in [0, 0.1) is 0 Å². The summed E-state index contributed by atoms with van der Waals surface area (Å²) in [5.74, 6) is -0.589. The summed E-state index contributed by atoms with van der Waals surface area (Å²) in [6, 6.07) is 22.8. The van der Waals surface area contributed by atoms with Gasteiger partial charge in [0.15, 0.2) is 0 Å². The summed E-state index contributed by atoms with van der Waals surface area (Å²) < 4.78 is 0.990. The molecule has 0 radical (unpaired) electrons. The van der Waals surface area contributed by atoms with Crippen LogP contribution in [-0.2, 0) is 4.79 Å². The molecule has 172 valence electrons. The predicted molar refractivity (Wildman–Crippen MR) is 140 cm³/mol. The van der Waals surface area contributed by atoms with Gasteiger partial charge in [0.05, 0.1) is 22.7 Å². The van der Waals surface area contributed by atoms with Crippen molar-refractivity contribution in [3.63, 3.8) is 0 Å². The van der Waals surface area contributed by atoms with Gasteiger partial charge < -0.3 is 5.11 Å². The van der Waals surface area contributed by atoms with Crippen molar-refractivity contribution in [1.29, 1.82) is 0 Å². The van der Waals surface area contributed by atoms with Crippen molar-refractivity contribution in [2.24, 2.45) is 10.1 Å². The van der Waals surface area contributed by atoms with Crippen molar-refractivity contribution < 1.29 is 9.90 Å². The molecule has 3 heterocycles. The maximum atomic E-state index is 12.7. The van der Waals surface area contributed by atoms with Gasteiger partial charge in [-0.25, -0.2) is 10.0 Å². The van der Waals surface area contributed by atoms with E-state index in [1.165, 1.54) is 11.3 Å². The second kappa shape index (κ2) is 8.71. The third-order valence-corrected chi connectivity index (χ3v) is 7.81. The SMILES string of the molecule is O=C1N=c2ccccc2=C1c1sc(N2N=C(c3ccc(Br)cc3)CC2c2ccc(Cl)cc2)nc1O. The number of carbonyl (C=O) groups is 1. The van der Waals surface area contributed by atoms with Crippen LogP contribution in [0.5, 0.6) is 5.88 Å². The second-order valence-electron chi connectivity index (χ2n) is 8.13. The molecule has 2 aliphatic rings. The van der Waals surface area contributed by atoms with Crippen LogP contribution < -0.4 is 15.6 Å². The Labute approximate surface area is 217 Å². The zero-order valence-electron chi connectivity index (χ0n) is 18.0. The topological polar surface area (TPSA) is 78.2 Å². The maximum absolute atomic E-state index is 12.7. The lowest BCUT2D eigenvalue weighted by molar-refractivity contribution is -0.112. The number of aromatic nitrogens is 1. The molecule has 6 rings (SSSR count). The van der Waals surface area contributed by atoms with E-state index in [2.05, 4.69) is 25.9 Å². The Hall–Kier alpha value is -3.33. The summed E-state index contributed by atoms with van der Waals surface area (Å²) in [4.78, 5) is 21.6. The van der Waals surface area contributed by atoms with Crippen LogP contribution in [0.4, 0.5) is 5.13 Å². The van der Waals surface area contributed by atoms with Crippen molar-refractivity contribution >= 4 is 61.2 Å². The van der Waals surface area contributed by atoms with E-state index in [9.17, 15) is 9.90 Å². The van der Waals surface area contributed by atoms with Gasteiger partial charge in [0.1, 0.15) is 4.88 Å². The minimum Gasteiger partial charge on any atom is -0.492 e. The Bertz CT molecular complexity index is 1630. The van der Waals surface area contributed by atoms with Gasteiger partial charge in [-0.3, -0.25) is 4.79 Å². The minimum atomic E-state index is -0.383.